The van der Waals surface area contributed by atoms with Crippen molar-refractivity contribution in [2.24, 2.45) is 0 Å². The molecule has 24 heavy (non-hydrogen) atoms. The third-order valence-corrected chi connectivity index (χ3v) is 4.82. The van der Waals surface area contributed by atoms with E-state index < -0.39 is 0 Å². The summed E-state index contributed by atoms with van der Waals surface area (Å²) in [4.78, 5) is 0. The van der Waals surface area contributed by atoms with E-state index in [1.165, 1.54) is 33.3 Å². The first-order valence-electron chi connectivity index (χ1n) is 8.53. The molecule has 0 bridgehead atoms. The third-order valence-electron chi connectivity index (χ3n) is 4.82. The summed E-state index contributed by atoms with van der Waals surface area (Å²) in [6.45, 7) is 16.1. The minimum Gasteiger partial charge on any atom is -0.225 e. The molecule has 2 aromatic carbocycles. The average Bonchev–Trinajstić information content (AvgIpc) is 2.88. The number of imidazole rings is 1. The topological polar surface area (TPSA) is 8.81 Å². The number of fused-ring (bicyclic) bond motifs is 1. The first kappa shape index (κ1) is 16.5. The predicted molar refractivity (Wildman–Crippen MR) is 102 cm³/mol. The van der Waals surface area contributed by atoms with Crippen LogP contribution in [0.25, 0.3) is 17.2 Å². The first-order chi connectivity index (χ1) is 11.3. The van der Waals surface area contributed by atoms with Crippen molar-refractivity contribution < 1.29 is 4.57 Å². The van der Waals surface area contributed by atoms with Crippen LogP contribution in [0.3, 0.4) is 0 Å². The van der Waals surface area contributed by atoms with Gasteiger partial charge in [-0.1, -0.05) is 51.6 Å². The van der Waals surface area contributed by atoms with E-state index in [1.807, 2.05) is 6.20 Å². The van der Waals surface area contributed by atoms with Crippen molar-refractivity contribution in [1.82, 2.24) is 4.57 Å². The second-order valence-corrected chi connectivity index (χ2v) is 7.66. The van der Waals surface area contributed by atoms with Gasteiger partial charge in [0.1, 0.15) is 6.54 Å². The van der Waals surface area contributed by atoms with Crippen LogP contribution >= 0.6 is 0 Å². The molecule has 0 saturated heterocycles. The largest absolute Gasteiger partial charge is 0.249 e. The van der Waals surface area contributed by atoms with E-state index in [2.05, 4.69) is 93.1 Å². The molecule has 0 atom stereocenters. The quantitative estimate of drug-likeness (QED) is 0.601. The van der Waals surface area contributed by atoms with Gasteiger partial charge in [-0.2, -0.15) is 0 Å². The number of benzene rings is 2. The molecule has 0 saturated carbocycles. The van der Waals surface area contributed by atoms with Gasteiger partial charge in [0.2, 0.25) is 6.33 Å². The van der Waals surface area contributed by atoms with Gasteiger partial charge in [-0.25, -0.2) is 9.13 Å². The molecular formula is C22H27N2+. The van der Waals surface area contributed by atoms with Gasteiger partial charge in [-0.3, -0.25) is 0 Å². The van der Waals surface area contributed by atoms with E-state index in [4.69, 9.17) is 0 Å². The number of para-hydroxylation sites is 2. The summed E-state index contributed by atoms with van der Waals surface area (Å²) in [5, 5.41) is 0. The van der Waals surface area contributed by atoms with Crippen LogP contribution in [0.4, 0.5) is 0 Å². The molecule has 2 nitrogen and oxygen atoms in total. The lowest BCUT2D eigenvalue weighted by Gasteiger charge is -2.22. The molecule has 0 aliphatic rings. The van der Waals surface area contributed by atoms with Crippen LogP contribution in [-0.4, -0.2) is 4.57 Å². The van der Waals surface area contributed by atoms with Crippen LogP contribution in [0.5, 0.6) is 0 Å². The van der Waals surface area contributed by atoms with Gasteiger partial charge in [-0.05, 0) is 53.6 Å². The molecule has 3 rings (SSSR count). The maximum absolute atomic E-state index is 3.92. The van der Waals surface area contributed by atoms with E-state index in [1.54, 1.807) is 0 Å². The van der Waals surface area contributed by atoms with Gasteiger partial charge in [0.15, 0.2) is 11.0 Å². The molecule has 0 spiro atoms. The molecule has 2 heteroatoms. The van der Waals surface area contributed by atoms with E-state index in [-0.39, 0.29) is 5.41 Å². The highest BCUT2D eigenvalue weighted by atomic mass is 15.1. The highest BCUT2D eigenvalue weighted by Crippen LogP contribution is 2.27. The summed E-state index contributed by atoms with van der Waals surface area (Å²) >= 11 is 0. The SMILES string of the molecule is C=Cn1c[n+](Cc2c(C)cc(C(C)(C)C)cc2C)c2ccccc21. The zero-order valence-electron chi connectivity index (χ0n) is 15.4. The second-order valence-electron chi connectivity index (χ2n) is 7.66. The minimum atomic E-state index is 0.181. The Morgan fingerprint density at radius 3 is 2.29 bits per heavy atom. The van der Waals surface area contributed by atoms with E-state index in [9.17, 15) is 0 Å². The maximum Gasteiger partial charge on any atom is 0.249 e. The normalized spacial score (nSPS) is 11.9. The fourth-order valence-electron chi connectivity index (χ4n) is 3.32. The van der Waals surface area contributed by atoms with Crippen molar-refractivity contribution >= 4 is 17.2 Å². The molecule has 0 aliphatic heterocycles. The molecule has 0 aliphatic carbocycles. The Kier molecular flexibility index (Phi) is 4.08. The lowest BCUT2D eigenvalue weighted by atomic mass is 9.84. The molecule has 0 N–H and O–H groups in total. The Hall–Kier alpha value is -2.35. The molecule has 124 valence electrons. The number of hydrogen-bond acceptors (Lipinski definition) is 0. The molecule has 0 unspecified atom stereocenters. The van der Waals surface area contributed by atoms with E-state index >= 15 is 0 Å². The summed E-state index contributed by atoms with van der Waals surface area (Å²) in [6, 6.07) is 13.2. The third kappa shape index (κ3) is 2.89. The minimum absolute atomic E-state index is 0.181. The van der Waals surface area contributed by atoms with Crippen LogP contribution in [0, 0.1) is 13.8 Å². The smallest absolute Gasteiger partial charge is 0.225 e. The van der Waals surface area contributed by atoms with Crippen molar-refractivity contribution in [2.45, 2.75) is 46.6 Å². The Morgan fingerprint density at radius 1 is 1.08 bits per heavy atom. The highest BCUT2D eigenvalue weighted by Gasteiger charge is 2.19. The van der Waals surface area contributed by atoms with Gasteiger partial charge in [0.05, 0.1) is 6.20 Å². The summed E-state index contributed by atoms with van der Waals surface area (Å²) in [5.74, 6) is 0. The zero-order chi connectivity index (χ0) is 17.5. The van der Waals surface area contributed by atoms with Gasteiger partial charge in [0.25, 0.3) is 0 Å². The van der Waals surface area contributed by atoms with Gasteiger partial charge in [-0.15, -0.1) is 0 Å². The van der Waals surface area contributed by atoms with Crippen LogP contribution in [-0.2, 0) is 12.0 Å². The first-order valence-corrected chi connectivity index (χ1v) is 8.53. The Balaban J connectivity index is 2.08. The van der Waals surface area contributed by atoms with Crippen LogP contribution in [0.1, 0.15) is 43.0 Å². The molecule has 0 amide bonds. The Labute approximate surface area is 145 Å². The van der Waals surface area contributed by atoms with Crippen LogP contribution < -0.4 is 4.57 Å². The van der Waals surface area contributed by atoms with E-state index in [0.29, 0.717) is 0 Å². The lowest BCUT2D eigenvalue weighted by Crippen LogP contribution is -2.33. The fourth-order valence-corrected chi connectivity index (χ4v) is 3.32. The van der Waals surface area contributed by atoms with Crippen LogP contribution in [0.15, 0.2) is 49.3 Å². The highest BCUT2D eigenvalue weighted by molar-refractivity contribution is 5.73. The summed E-state index contributed by atoms with van der Waals surface area (Å²) in [5.41, 5.74) is 8.13. The molecule has 0 fully saturated rings. The summed E-state index contributed by atoms with van der Waals surface area (Å²) in [6.07, 6.45) is 4.00. The van der Waals surface area contributed by atoms with Crippen molar-refractivity contribution in [1.29, 1.82) is 0 Å². The maximum atomic E-state index is 3.92. The molecule has 0 radical (unpaired) electrons. The monoisotopic (exact) mass is 319 g/mol. The lowest BCUT2D eigenvalue weighted by molar-refractivity contribution is -0.662. The molecule has 1 heterocycles. The number of aryl methyl sites for hydroxylation is 2. The number of rotatable bonds is 3. The fraction of sp³-hybridized carbons (Fsp3) is 0.318. The van der Waals surface area contributed by atoms with Crippen molar-refractivity contribution in [3.05, 3.63) is 71.6 Å². The zero-order valence-corrected chi connectivity index (χ0v) is 15.4. The molecular weight excluding hydrogens is 292 g/mol. The summed E-state index contributed by atoms with van der Waals surface area (Å²) in [7, 11) is 0. The van der Waals surface area contributed by atoms with Crippen molar-refractivity contribution in [3.63, 3.8) is 0 Å². The van der Waals surface area contributed by atoms with Crippen LogP contribution in [0.2, 0.25) is 0 Å². The number of nitrogens with zero attached hydrogens (tertiary/aromatic N) is 2. The van der Waals surface area contributed by atoms with Crippen molar-refractivity contribution in [3.8, 4) is 0 Å². The Morgan fingerprint density at radius 2 is 1.71 bits per heavy atom. The molecule has 3 aromatic rings. The predicted octanol–water partition coefficient (Wildman–Crippen LogP) is 4.99. The van der Waals surface area contributed by atoms with Gasteiger partial charge in [0, 0.05) is 0 Å². The van der Waals surface area contributed by atoms with Crippen molar-refractivity contribution in [2.75, 3.05) is 0 Å². The van der Waals surface area contributed by atoms with Gasteiger partial charge < -0.3 is 0 Å². The van der Waals surface area contributed by atoms with E-state index in [0.717, 1.165) is 6.54 Å². The average molecular weight is 319 g/mol. The number of hydrogen-bond donors (Lipinski definition) is 0. The Bertz CT molecular complexity index is 884. The molecule has 1 aromatic heterocycles. The standard InChI is InChI=1S/C22H27N2/c1-7-23-15-24(21-11-9-8-10-20(21)23)14-19-16(2)12-18(13-17(19)3)22(4,5)6/h7-13,15H,1,14H2,2-6H3/q+1. The summed E-state index contributed by atoms with van der Waals surface area (Å²) < 4.78 is 4.40. The second kappa shape index (κ2) is 5.94. The van der Waals surface area contributed by atoms with Gasteiger partial charge >= 0.3 is 0 Å². The number of aromatic nitrogens is 2.